The molecule has 9 nitrogen and oxygen atoms in total. The molecule has 0 amide bonds. The summed E-state index contributed by atoms with van der Waals surface area (Å²) in [5.41, 5.74) is 3.33. The molecule has 5 unspecified atom stereocenters. The third kappa shape index (κ3) is 11.8. The Morgan fingerprint density at radius 1 is 1.02 bits per heavy atom. The van der Waals surface area contributed by atoms with Gasteiger partial charge in [-0.05, 0) is 86.1 Å². The molecule has 5 atom stereocenters. The first kappa shape index (κ1) is 40.8. The highest BCUT2D eigenvalue weighted by atomic mass is 19.3. The number of nitrogens with zero attached hydrogens (tertiary/aromatic N) is 2. The molecule has 0 spiro atoms. The topological polar surface area (TPSA) is 113 Å². The molecule has 56 heavy (non-hydrogen) atoms. The van der Waals surface area contributed by atoms with Gasteiger partial charge in [0.15, 0.2) is 6.61 Å². The van der Waals surface area contributed by atoms with E-state index in [-0.39, 0.29) is 32.0 Å². The number of likely N-dealkylation sites (tertiary alicyclic amines) is 1. The lowest BCUT2D eigenvalue weighted by molar-refractivity contribution is -0.144. The summed E-state index contributed by atoms with van der Waals surface area (Å²) >= 11 is 0. The molecule has 2 fully saturated rings. The van der Waals surface area contributed by atoms with Crippen LogP contribution in [0.5, 0.6) is 11.5 Å². The van der Waals surface area contributed by atoms with Gasteiger partial charge in [-0.15, -0.1) is 0 Å². The number of aliphatic hydroxyl groups is 2. The van der Waals surface area contributed by atoms with Crippen molar-refractivity contribution in [2.75, 3.05) is 38.2 Å². The minimum atomic E-state index is -3.23. The van der Waals surface area contributed by atoms with Gasteiger partial charge in [-0.1, -0.05) is 60.7 Å². The van der Waals surface area contributed by atoms with Crippen molar-refractivity contribution in [1.29, 1.82) is 0 Å². The first-order valence-electron chi connectivity index (χ1n) is 19.6. The number of benzene rings is 3. The summed E-state index contributed by atoms with van der Waals surface area (Å²) in [6, 6.07) is 23.4. The zero-order valence-corrected chi connectivity index (χ0v) is 31.9. The van der Waals surface area contributed by atoms with Gasteiger partial charge >= 0.3 is 5.97 Å². The van der Waals surface area contributed by atoms with E-state index in [0.29, 0.717) is 31.1 Å². The zero-order valence-electron chi connectivity index (χ0n) is 31.9. The first-order valence-corrected chi connectivity index (χ1v) is 19.6. The van der Waals surface area contributed by atoms with Crippen molar-refractivity contribution in [1.82, 2.24) is 9.88 Å². The molecule has 6 rings (SSSR count). The normalized spacial score (nSPS) is 21.6. The number of para-hydroxylation sites is 1. The predicted octanol–water partition coefficient (Wildman–Crippen LogP) is 7.90. The number of allylic oxidation sites excluding steroid dienone is 2. The number of aromatic nitrogens is 1. The Hall–Kier alpha value is -4.84. The number of ether oxygens (including phenoxy) is 3. The molecule has 0 radical (unpaired) electrons. The van der Waals surface area contributed by atoms with Crippen molar-refractivity contribution in [2.45, 2.75) is 76.2 Å². The molecule has 1 saturated carbocycles. The number of hydrogen-bond acceptors (Lipinski definition) is 9. The van der Waals surface area contributed by atoms with Gasteiger partial charge in [0.05, 0.1) is 12.2 Å². The number of aliphatic hydroxyl groups excluding tert-OH is 2. The van der Waals surface area contributed by atoms with E-state index in [4.69, 9.17) is 14.2 Å². The van der Waals surface area contributed by atoms with Gasteiger partial charge in [-0.3, -0.25) is 14.7 Å². The summed E-state index contributed by atoms with van der Waals surface area (Å²) in [6.07, 6.45) is 10.9. The smallest absolute Gasteiger partial charge is 0.305 e. The number of fused-ring (bicyclic) bond motifs is 1. The molecule has 1 aliphatic carbocycles. The van der Waals surface area contributed by atoms with E-state index in [2.05, 4.69) is 57.7 Å². The molecule has 0 bridgehead atoms. The fourth-order valence-electron chi connectivity index (χ4n) is 7.54. The van der Waals surface area contributed by atoms with Crippen LogP contribution in [-0.2, 0) is 16.1 Å². The Bertz CT molecular complexity index is 1920. The van der Waals surface area contributed by atoms with Crippen LogP contribution in [0.15, 0.2) is 109 Å². The van der Waals surface area contributed by atoms with Crippen LogP contribution >= 0.6 is 0 Å². The third-order valence-corrected chi connectivity index (χ3v) is 10.6. The van der Waals surface area contributed by atoms with E-state index in [1.165, 1.54) is 17.0 Å². The summed E-state index contributed by atoms with van der Waals surface area (Å²) in [6.45, 7) is 4.35. The Labute approximate surface area is 328 Å². The van der Waals surface area contributed by atoms with Gasteiger partial charge in [-0.2, -0.15) is 8.78 Å². The molecule has 3 N–H and O–H groups in total. The number of rotatable bonds is 19. The molecule has 2 aliphatic rings. The SMILES string of the molecule is Cc1ccc(CN2CCC(Nc3cccc4cnccc34)C2)cc1OCCOC(=O)CCCC=CCC1C(O)CC(O)C1C=CC(F)(F)COc1ccccc1. The number of halogens is 2. The number of alkyl halides is 2. The second-order valence-corrected chi connectivity index (χ2v) is 14.9. The minimum absolute atomic E-state index is 0.128. The van der Waals surface area contributed by atoms with E-state index in [1.807, 2.05) is 31.5 Å². The van der Waals surface area contributed by atoms with Crippen LogP contribution in [0.2, 0.25) is 0 Å². The second kappa shape index (κ2) is 19.8. The number of unbranched alkanes of at least 4 members (excludes halogenated alkanes) is 1. The highest BCUT2D eigenvalue weighted by Crippen LogP contribution is 2.37. The number of hydrogen-bond donors (Lipinski definition) is 3. The fraction of sp³-hybridized carbons (Fsp3) is 0.422. The lowest BCUT2D eigenvalue weighted by atomic mass is 9.89. The zero-order chi connectivity index (χ0) is 39.3. The van der Waals surface area contributed by atoms with Crippen molar-refractivity contribution >= 4 is 22.4 Å². The van der Waals surface area contributed by atoms with Crippen molar-refractivity contribution in [3.63, 3.8) is 0 Å². The van der Waals surface area contributed by atoms with E-state index in [0.717, 1.165) is 54.5 Å². The summed E-state index contributed by atoms with van der Waals surface area (Å²) in [5, 5.41) is 27.0. The molecular formula is C45H53F2N3O6. The van der Waals surface area contributed by atoms with Crippen LogP contribution < -0.4 is 14.8 Å². The maximum absolute atomic E-state index is 14.5. The average Bonchev–Trinajstić information content (AvgIpc) is 3.75. The number of carbonyl (C=O) groups excluding carboxylic acids is 1. The van der Waals surface area contributed by atoms with Crippen LogP contribution in [0.1, 0.15) is 49.7 Å². The number of aryl methyl sites for hydroxylation is 1. The van der Waals surface area contributed by atoms with Gasteiger partial charge < -0.3 is 29.7 Å². The Kier molecular flexibility index (Phi) is 14.5. The van der Waals surface area contributed by atoms with Gasteiger partial charge in [-0.25, -0.2) is 0 Å². The molecular weight excluding hydrogens is 717 g/mol. The van der Waals surface area contributed by atoms with Crippen LogP contribution in [0.25, 0.3) is 10.8 Å². The molecule has 4 aromatic rings. The van der Waals surface area contributed by atoms with Gasteiger partial charge in [0, 0.05) is 73.3 Å². The van der Waals surface area contributed by atoms with E-state index in [9.17, 15) is 23.8 Å². The average molecular weight is 770 g/mol. The number of nitrogens with one attached hydrogen (secondary N) is 1. The van der Waals surface area contributed by atoms with E-state index >= 15 is 0 Å². The van der Waals surface area contributed by atoms with E-state index < -0.39 is 36.6 Å². The quantitative estimate of drug-likeness (QED) is 0.0498. The molecule has 298 valence electrons. The van der Waals surface area contributed by atoms with Crippen LogP contribution in [-0.4, -0.2) is 83.1 Å². The molecule has 1 aliphatic heterocycles. The van der Waals surface area contributed by atoms with E-state index in [1.54, 1.807) is 30.3 Å². The van der Waals surface area contributed by atoms with Gasteiger partial charge in [0.2, 0.25) is 0 Å². The first-order chi connectivity index (χ1) is 27.1. The highest BCUT2D eigenvalue weighted by Gasteiger charge is 2.40. The highest BCUT2D eigenvalue weighted by molar-refractivity contribution is 5.93. The minimum Gasteiger partial charge on any atom is -0.490 e. The standard InChI is InChI=1S/C45H53F2N3O6/c1-32-16-17-33(29-50-23-20-35(30-50)49-40-14-9-10-34-28-48-22-19-37(34)40)26-43(32)54-24-25-55-44(53)15-8-3-2-7-13-38-39(42(52)27-41(38)51)18-21-45(46,47)31-56-36-11-5-4-6-12-36/h2,4-7,9-12,14,16-19,21-22,26,28,35,38-39,41-42,49,51-52H,3,8,13,15,20,23-25,27,29-31H2,1H3. The molecule has 1 saturated heterocycles. The maximum atomic E-state index is 14.5. The third-order valence-electron chi connectivity index (χ3n) is 10.6. The number of esters is 1. The maximum Gasteiger partial charge on any atom is 0.305 e. The number of pyridine rings is 1. The Balaban J connectivity index is 0.858. The van der Waals surface area contributed by atoms with Crippen LogP contribution in [0, 0.1) is 18.8 Å². The number of anilines is 1. The molecule has 3 aromatic carbocycles. The Morgan fingerprint density at radius 2 is 1.88 bits per heavy atom. The van der Waals surface area contributed by atoms with Crippen molar-refractivity contribution in [3.05, 3.63) is 121 Å². The molecule has 2 heterocycles. The summed E-state index contributed by atoms with van der Waals surface area (Å²) < 4.78 is 45.6. The van der Waals surface area contributed by atoms with Crippen LogP contribution in [0.3, 0.4) is 0 Å². The largest absolute Gasteiger partial charge is 0.490 e. The summed E-state index contributed by atoms with van der Waals surface area (Å²) in [7, 11) is 0. The molecule has 11 heteroatoms. The van der Waals surface area contributed by atoms with Crippen molar-refractivity contribution < 1.29 is 38.0 Å². The van der Waals surface area contributed by atoms with Gasteiger partial charge in [0.1, 0.15) is 24.7 Å². The fourth-order valence-corrected chi connectivity index (χ4v) is 7.54. The molecule has 1 aromatic heterocycles. The van der Waals surface area contributed by atoms with Crippen LogP contribution in [0.4, 0.5) is 14.5 Å². The van der Waals surface area contributed by atoms with Crippen molar-refractivity contribution in [2.24, 2.45) is 11.8 Å². The van der Waals surface area contributed by atoms with Crippen molar-refractivity contribution in [3.8, 4) is 11.5 Å². The predicted molar refractivity (Wildman–Crippen MR) is 214 cm³/mol. The second-order valence-electron chi connectivity index (χ2n) is 14.9. The summed E-state index contributed by atoms with van der Waals surface area (Å²) in [4.78, 5) is 19.1. The Morgan fingerprint density at radius 3 is 2.73 bits per heavy atom. The number of carbonyl (C=O) groups is 1. The lowest BCUT2D eigenvalue weighted by Crippen LogP contribution is -2.26. The monoisotopic (exact) mass is 769 g/mol. The lowest BCUT2D eigenvalue weighted by Gasteiger charge is -2.20. The summed E-state index contributed by atoms with van der Waals surface area (Å²) in [5.74, 6) is -3.41. The van der Waals surface area contributed by atoms with Gasteiger partial charge in [0.25, 0.3) is 5.92 Å².